The summed E-state index contributed by atoms with van der Waals surface area (Å²) in [5, 5.41) is 2.86. The first-order chi connectivity index (χ1) is 11.2. The molecule has 2 aromatic carbocycles. The molecule has 0 unspecified atom stereocenters. The lowest BCUT2D eigenvalue weighted by Gasteiger charge is -2.12. The second-order valence-electron chi connectivity index (χ2n) is 6.16. The van der Waals surface area contributed by atoms with Gasteiger partial charge in [-0.3, -0.25) is 4.79 Å². The summed E-state index contributed by atoms with van der Waals surface area (Å²) in [5.74, 6) is -0.334. The summed E-state index contributed by atoms with van der Waals surface area (Å²) in [6.07, 6.45) is 1.18. The minimum atomic E-state index is -3.13. The summed E-state index contributed by atoms with van der Waals surface area (Å²) in [6.45, 7) is 0.785. The number of carbonyl (C=O) groups excluding carboxylic acids is 1. The van der Waals surface area contributed by atoms with Crippen LogP contribution in [0.5, 0.6) is 0 Å². The van der Waals surface area contributed by atoms with Crippen LogP contribution in [0.1, 0.15) is 21.5 Å². The van der Waals surface area contributed by atoms with Crippen molar-refractivity contribution in [1.82, 2.24) is 4.90 Å². The predicted molar refractivity (Wildman–Crippen MR) is 96.8 cm³/mol. The number of carbonyl (C=O) groups is 1. The second kappa shape index (κ2) is 7.59. The topological polar surface area (TPSA) is 66.5 Å². The lowest BCUT2D eigenvalue weighted by Crippen LogP contribution is -2.14. The van der Waals surface area contributed by atoms with E-state index in [1.165, 1.54) is 6.26 Å². The Morgan fingerprint density at radius 3 is 2.38 bits per heavy atom. The summed E-state index contributed by atoms with van der Waals surface area (Å²) in [5.41, 5.74) is 2.86. The van der Waals surface area contributed by atoms with Gasteiger partial charge in [-0.25, -0.2) is 8.42 Å². The maximum atomic E-state index is 12.4. The molecule has 0 heterocycles. The molecule has 1 N–H and O–H groups in total. The molecular weight excluding hydrogens is 324 g/mol. The first kappa shape index (κ1) is 18.2. The Labute approximate surface area is 143 Å². The number of anilines is 1. The minimum absolute atomic E-state index is 0.0769. The Bertz CT molecular complexity index is 830. The van der Waals surface area contributed by atoms with Crippen molar-refractivity contribution in [2.75, 3.05) is 25.7 Å². The van der Waals surface area contributed by atoms with E-state index in [0.29, 0.717) is 16.8 Å². The van der Waals surface area contributed by atoms with Crippen molar-refractivity contribution in [2.24, 2.45) is 0 Å². The minimum Gasteiger partial charge on any atom is -0.322 e. The average molecular weight is 346 g/mol. The maximum absolute atomic E-state index is 12.4. The number of amides is 1. The fourth-order valence-corrected chi connectivity index (χ4v) is 3.21. The van der Waals surface area contributed by atoms with Crippen molar-refractivity contribution in [3.8, 4) is 0 Å². The number of nitrogens with zero attached hydrogens (tertiary/aromatic N) is 1. The average Bonchev–Trinajstić information content (AvgIpc) is 2.45. The van der Waals surface area contributed by atoms with Gasteiger partial charge in [0.2, 0.25) is 0 Å². The highest BCUT2D eigenvalue weighted by molar-refractivity contribution is 7.89. The van der Waals surface area contributed by atoms with Gasteiger partial charge in [-0.05, 0) is 49.5 Å². The number of hydrogen-bond donors (Lipinski definition) is 1. The molecule has 0 aliphatic heterocycles. The third-order valence-electron chi connectivity index (χ3n) is 3.30. The van der Waals surface area contributed by atoms with Crippen LogP contribution in [0.3, 0.4) is 0 Å². The summed E-state index contributed by atoms with van der Waals surface area (Å²) < 4.78 is 22.8. The summed E-state index contributed by atoms with van der Waals surface area (Å²) >= 11 is 0. The van der Waals surface area contributed by atoms with Gasteiger partial charge in [0.15, 0.2) is 9.84 Å². The van der Waals surface area contributed by atoms with Gasteiger partial charge < -0.3 is 10.2 Å². The van der Waals surface area contributed by atoms with E-state index in [1.54, 1.807) is 24.3 Å². The lowest BCUT2D eigenvalue weighted by molar-refractivity contribution is 0.102. The molecule has 0 aliphatic rings. The SMILES string of the molecule is CN(C)Cc1cccc(NC(=O)c2cccc(CS(C)(=O)=O)c2)c1. The number of sulfone groups is 1. The van der Waals surface area contributed by atoms with Crippen molar-refractivity contribution in [3.63, 3.8) is 0 Å². The molecule has 24 heavy (non-hydrogen) atoms. The maximum Gasteiger partial charge on any atom is 0.255 e. The third kappa shape index (κ3) is 5.79. The Kier molecular flexibility index (Phi) is 5.75. The summed E-state index contributed by atoms with van der Waals surface area (Å²) in [7, 11) is 0.837. The molecule has 0 saturated heterocycles. The molecule has 0 bridgehead atoms. The zero-order valence-electron chi connectivity index (χ0n) is 14.1. The van der Waals surface area contributed by atoms with E-state index in [1.807, 2.05) is 38.4 Å². The van der Waals surface area contributed by atoms with Gasteiger partial charge in [0.1, 0.15) is 0 Å². The van der Waals surface area contributed by atoms with Gasteiger partial charge in [0.05, 0.1) is 5.75 Å². The van der Waals surface area contributed by atoms with Gasteiger partial charge in [-0.1, -0.05) is 24.3 Å². The molecule has 2 aromatic rings. The monoisotopic (exact) mass is 346 g/mol. The summed E-state index contributed by atoms with van der Waals surface area (Å²) in [6, 6.07) is 14.3. The molecule has 0 spiro atoms. The van der Waals surface area contributed by atoms with E-state index >= 15 is 0 Å². The first-order valence-electron chi connectivity index (χ1n) is 7.54. The van der Waals surface area contributed by atoms with Crippen molar-refractivity contribution in [1.29, 1.82) is 0 Å². The molecule has 0 aromatic heterocycles. The highest BCUT2D eigenvalue weighted by Gasteiger charge is 2.10. The van der Waals surface area contributed by atoms with Crippen LogP contribution < -0.4 is 5.32 Å². The molecule has 0 aliphatic carbocycles. The first-order valence-corrected chi connectivity index (χ1v) is 9.61. The van der Waals surface area contributed by atoms with Crippen molar-refractivity contribution < 1.29 is 13.2 Å². The van der Waals surface area contributed by atoms with Crippen LogP contribution in [0.15, 0.2) is 48.5 Å². The summed E-state index contributed by atoms with van der Waals surface area (Å²) in [4.78, 5) is 14.4. The number of hydrogen-bond acceptors (Lipinski definition) is 4. The fourth-order valence-electron chi connectivity index (χ4n) is 2.42. The Morgan fingerprint density at radius 2 is 1.71 bits per heavy atom. The van der Waals surface area contributed by atoms with Crippen LogP contribution >= 0.6 is 0 Å². The van der Waals surface area contributed by atoms with E-state index in [-0.39, 0.29) is 11.7 Å². The number of benzene rings is 2. The van der Waals surface area contributed by atoms with Crippen LogP contribution in [0.4, 0.5) is 5.69 Å². The molecule has 128 valence electrons. The zero-order valence-corrected chi connectivity index (χ0v) is 14.9. The van der Waals surface area contributed by atoms with Crippen molar-refractivity contribution in [2.45, 2.75) is 12.3 Å². The smallest absolute Gasteiger partial charge is 0.255 e. The molecule has 5 nitrogen and oxygen atoms in total. The molecule has 2 rings (SSSR count). The van der Waals surface area contributed by atoms with Crippen molar-refractivity contribution >= 4 is 21.4 Å². The second-order valence-corrected chi connectivity index (χ2v) is 8.30. The fraction of sp³-hybridized carbons (Fsp3) is 0.278. The number of nitrogens with one attached hydrogen (secondary N) is 1. The van der Waals surface area contributed by atoms with Gasteiger partial charge in [-0.2, -0.15) is 0 Å². The Morgan fingerprint density at radius 1 is 1.04 bits per heavy atom. The van der Waals surface area contributed by atoms with Crippen LogP contribution in [-0.4, -0.2) is 39.6 Å². The molecule has 0 radical (unpaired) electrons. The van der Waals surface area contributed by atoms with Crippen molar-refractivity contribution in [3.05, 3.63) is 65.2 Å². The van der Waals surface area contributed by atoms with Gasteiger partial charge >= 0.3 is 0 Å². The van der Waals surface area contributed by atoms with Crippen LogP contribution in [0.25, 0.3) is 0 Å². The van der Waals surface area contributed by atoms with Crippen LogP contribution in [0.2, 0.25) is 0 Å². The highest BCUT2D eigenvalue weighted by atomic mass is 32.2. The molecule has 0 atom stereocenters. The van der Waals surface area contributed by atoms with Crippen LogP contribution in [0, 0.1) is 0 Å². The van der Waals surface area contributed by atoms with E-state index in [4.69, 9.17) is 0 Å². The van der Waals surface area contributed by atoms with E-state index in [9.17, 15) is 13.2 Å². The van der Waals surface area contributed by atoms with E-state index < -0.39 is 9.84 Å². The normalized spacial score (nSPS) is 11.5. The highest BCUT2D eigenvalue weighted by Crippen LogP contribution is 2.15. The zero-order chi connectivity index (χ0) is 17.7. The quantitative estimate of drug-likeness (QED) is 0.873. The van der Waals surface area contributed by atoms with Gasteiger partial charge in [0, 0.05) is 24.1 Å². The third-order valence-corrected chi connectivity index (χ3v) is 4.16. The largest absolute Gasteiger partial charge is 0.322 e. The molecule has 6 heteroatoms. The molecule has 1 amide bonds. The number of rotatable bonds is 6. The van der Waals surface area contributed by atoms with Gasteiger partial charge in [-0.15, -0.1) is 0 Å². The van der Waals surface area contributed by atoms with Gasteiger partial charge in [0.25, 0.3) is 5.91 Å². The predicted octanol–water partition coefficient (Wildman–Crippen LogP) is 2.55. The molecular formula is C18H22N2O3S. The Balaban J connectivity index is 2.14. The standard InChI is InChI=1S/C18H22N2O3S/c1-20(2)12-14-6-5-9-17(11-14)19-18(21)16-8-4-7-15(10-16)13-24(3,22)23/h4-11H,12-13H2,1-3H3,(H,19,21). The molecule has 0 saturated carbocycles. The Hall–Kier alpha value is -2.18. The molecule has 0 fully saturated rings. The van der Waals surface area contributed by atoms with E-state index in [0.717, 1.165) is 12.1 Å². The van der Waals surface area contributed by atoms with E-state index in [2.05, 4.69) is 10.2 Å². The lowest BCUT2D eigenvalue weighted by atomic mass is 10.1. The van der Waals surface area contributed by atoms with Crippen LogP contribution in [-0.2, 0) is 22.1 Å².